The van der Waals surface area contributed by atoms with Crippen LogP contribution in [0.1, 0.15) is 6.42 Å². The number of anilines is 1. The first-order valence-electron chi connectivity index (χ1n) is 8.30. The maximum atomic E-state index is 12.5. The molecule has 2 N–H and O–H groups in total. The highest BCUT2D eigenvalue weighted by Crippen LogP contribution is 2.22. The van der Waals surface area contributed by atoms with Gasteiger partial charge in [-0.3, -0.25) is 14.4 Å². The van der Waals surface area contributed by atoms with E-state index < -0.39 is 0 Å². The molecule has 8 nitrogen and oxygen atoms in total. The smallest absolute Gasteiger partial charge is 0.264 e. The summed E-state index contributed by atoms with van der Waals surface area (Å²) in [6, 6.07) is 10.2. The summed E-state index contributed by atoms with van der Waals surface area (Å²) in [6.07, 6.45) is 0.205. The van der Waals surface area contributed by atoms with E-state index >= 15 is 0 Å². The van der Waals surface area contributed by atoms with E-state index in [0.717, 1.165) is 5.56 Å². The van der Waals surface area contributed by atoms with Crippen LogP contribution in [0.5, 0.6) is 0 Å². The van der Waals surface area contributed by atoms with Crippen LogP contribution < -0.4 is 10.9 Å². The van der Waals surface area contributed by atoms with Crippen LogP contribution in [0.3, 0.4) is 0 Å². The molecule has 136 valence electrons. The molecule has 2 aromatic rings. The number of nitrogens with zero attached hydrogens (tertiary/aromatic N) is 2. The zero-order chi connectivity index (χ0) is 18.5. The first kappa shape index (κ1) is 17.8. The number of carbonyl (C=O) groups is 2. The maximum absolute atomic E-state index is 12.5. The van der Waals surface area contributed by atoms with Gasteiger partial charge in [-0.15, -0.1) is 0 Å². The second-order valence-electron chi connectivity index (χ2n) is 6.11. The van der Waals surface area contributed by atoms with Crippen molar-refractivity contribution in [3.05, 3.63) is 46.8 Å². The fourth-order valence-electron chi connectivity index (χ4n) is 2.87. The fourth-order valence-corrected chi connectivity index (χ4v) is 2.87. The quantitative estimate of drug-likeness (QED) is 0.799. The number of aromatic amines is 1. The Morgan fingerprint density at radius 1 is 1.35 bits per heavy atom. The lowest BCUT2D eigenvalue weighted by atomic mass is 10.1. The normalized spacial score (nSPS) is 16.7. The van der Waals surface area contributed by atoms with E-state index in [1.807, 2.05) is 6.07 Å². The van der Waals surface area contributed by atoms with Crippen molar-refractivity contribution >= 4 is 17.5 Å². The van der Waals surface area contributed by atoms with Crippen molar-refractivity contribution < 1.29 is 14.3 Å². The van der Waals surface area contributed by atoms with Crippen molar-refractivity contribution in [2.45, 2.75) is 6.42 Å². The molecule has 0 bridgehead atoms. The number of hydrogen-bond donors (Lipinski definition) is 2. The number of aromatic nitrogens is 2. The minimum absolute atomic E-state index is 0.0339. The monoisotopic (exact) mass is 356 g/mol. The zero-order valence-electron chi connectivity index (χ0n) is 14.4. The summed E-state index contributed by atoms with van der Waals surface area (Å²) < 4.78 is 4.98. The van der Waals surface area contributed by atoms with Crippen molar-refractivity contribution in [1.29, 1.82) is 0 Å². The van der Waals surface area contributed by atoms with Gasteiger partial charge in [-0.05, 0) is 18.2 Å². The second kappa shape index (κ2) is 7.92. The average molecular weight is 356 g/mol. The van der Waals surface area contributed by atoms with Crippen molar-refractivity contribution in [2.75, 3.05) is 32.1 Å². The predicted molar refractivity (Wildman–Crippen MR) is 95.5 cm³/mol. The third-order valence-corrected chi connectivity index (χ3v) is 4.26. The van der Waals surface area contributed by atoms with E-state index in [4.69, 9.17) is 4.74 Å². The number of carbonyl (C=O) groups excluding carboxylic acids is 2. The van der Waals surface area contributed by atoms with Gasteiger partial charge in [-0.25, -0.2) is 5.10 Å². The highest BCUT2D eigenvalue weighted by molar-refractivity contribution is 5.97. The third kappa shape index (κ3) is 4.15. The standard InChI is InChI=1S/C18H20N4O4/c1-26-8-7-22-11-13(10-17(22)24)18(25)19-14-4-2-3-12(9-14)15-5-6-16(23)21-20-15/h2-6,9,13H,7-8,10-11H2,1H3,(H,19,25)(H,21,23). The fraction of sp³-hybridized carbons (Fsp3) is 0.333. The van der Waals surface area contributed by atoms with Crippen LogP contribution in [0.2, 0.25) is 0 Å². The van der Waals surface area contributed by atoms with E-state index in [0.29, 0.717) is 31.1 Å². The number of nitrogens with one attached hydrogen (secondary N) is 2. The van der Waals surface area contributed by atoms with Gasteiger partial charge >= 0.3 is 0 Å². The summed E-state index contributed by atoms with van der Waals surface area (Å²) in [5, 5.41) is 9.22. The van der Waals surface area contributed by atoms with Crippen molar-refractivity contribution in [1.82, 2.24) is 15.1 Å². The van der Waals surface area contributed by atoms with Crippen LogP contribution in [0.15, 0.2) is 41.2 Å². The average Bonchev–Trinajstić information content (AvgIpc) is 3.02. The lowest BCUT2D eigenvalue weighted by Gasteiger charge is -2.16. The van der Waals surface area contributed by atoms with Crippen LogP contribution >= 0.6 is 0 Å². The molecule has 1 fully saturated rings. The summed E-state index contributed by atoms with van der Waals surface area (Å²) in [5.41, 5.74) is 1.70. The minimum atomic E-state index is -0.380. The number of rotatable bonds is 6. The Balaban J connectivity index is 1.66. The predicted octanol–water partition coefficient (Wildman–Crippen LogP) is 0.870. The van der Waals surface area contributed by atoms with Gasteiger partial charge in [-0.2, -0.15) is 5.10 Å². The number of ether oxygens (including phenoxy) is 1. The Labute approximate surface area is 150 Å². The van der Waals surface area contributed by atoms with Gasteiger partial charge in [0.15, 0.2) is 0 Å². The van der Waals surface area contributed by atoms with Crippen molar-refractivity contribution in [3.63, 3.8) is 0 Å². The Morgan fingerprint density at radius 3 is 2.92 bits per heavy atom. The van der Waals surface area contributed by atoms with Crippen LogP contribution in [-0.4, -0.2) is 53.7 Å². The summed E-state index contributed by atoms with van der Waals surface area (Å²) in [4.78, 5) is 37.2. The first-order chi connectivity index (χ1) is 12.6. The van der Waals surface area contributed by atoms with E-state index in [-0.39, 0.29) is 29.7 Å². The van der Waals surface area contributed by atoms with E-state index in [9.17, 15) is 14.4 Å². The minimum Gasteiger partial charge on any atom is -0.383 e. The van der Waals surface area contributed by atoms with E-state index in [2.05, 4.69) is 15.5 Å². The summed E-state index contributed by atoms with van der Waals surface area (Å²) >= 11 is 0. The lowest BCUT2D eigenvalue weighted by Crippen LogP contribution is -2.30. The largest absolute Gasteiger partial charge is 0.383 e. The molecule has 1 unspecified atom stereocenters. The van der Waals surface area contributed by atoms with Crippen LogP contribution in [0.25, 0.3) is 11.3 Å². The molecule has 8 heteroatoms. The molecule has 26 heavy (non-hydrogen) atoms. The molecule has 3 rings (SSSR count). The van der Waals surface area contributed by atoms with Gasteiger partial charge in [0.05, 0.1) is 18.2 Å². The molecule has 0 aliphatic carbocycles. The van der Waals surface area contributed by atoms with E-state index in [1.54, 1.807) is 36.3 Å². The molecule has 1 aromatic carbocycles. The number of amides is 2. The maximum Gasteiger partial charge on any atom is 0.264 e. The Morgan fingerprint density at radius 2 is 2.19 bits per heavy atom. The molecular weight excluding hydrogens is 336 g/mol. The zero-order valence-corrected chi connectivity index (χ0v) is 14.4. The summed E-state index contributed by atoms with van der Waals surface area (Å²) in [7, 11) is 1.58. The molecule has 1 aliphatic rings. The highest BCUT2D eigenvalue weighted by atomic mass is 16.5. The van der Waals surface area contributed by atoms with Gasteiger partial charge in [0, 0.05) is 43.9 Å². The van der Waals surface area contributed by atoms with Gasteiger partial charge in [0.25, 0.3) is 5.56 Å². The number of benzene rings is 1. The summed E-state index contributed by atoms with van der Waals surface area (Å²) in [5.74, 6) is -0.604. The molecule has 1 aromatic heterocycles. The Bertz CT molecular complexity index is 844. The number of hydrogen-bond acceptors (Lipinski definition) is 5. The van der Waals surface area contributed by atoms with Gasteiger partial charge < -0.3 is 15.0 Å². The third-order valence-electron chi connectivity index (χ3n) is 4.26. The lowest BCUT2D eigenvalue weighted by molar-refractivity contribution is -0.128. The molecule has 1 aliphatic heterocycles. The van der Waals surface area contributed by atoms with Gasteiger partial charge in [0.1, 0.15) is 0 Å². The summed E-state index contributed by atoms with van der Waals surface area (Å²) in [6.45, 7) is 1.34. The molecule has 0 radical (unpaired) electrons. The Hall–Kier alpha value is -3.00. The van der Waals surface area contributed by atoms with Crippen LogP contribution in [0.4, 0.5) is 5.69 Å². The van der Waals surface area contributed by atoms with Crippen LogP contribution in [0, 0.1) is 5.92 Å². The molecule has 2 heterocycles. The van der Waals surface area contributed by atoms with Gasteiger partial charge in [-0.1, -0.05) is 12.1 Å². The number of methoxy groups -OCH3 is 1. The second-order valence-corrected chi connectivity index (χ2v) is 6.11. The molecule has 0 spiro atoms. The Kier molecular flexibility index (Phi) is 5.43. The molecule has 2 amide bonds. The topological polar surface area (TPSA) is 104 Å². The molecule has 0 saturated carbocycles. The number of likely N-dealkylation sites (tertiary alicyclic amines) is 1. The number of H-pyrrole nitrogens is 1. The first-order valence-corrected chi connectivity index (χ1v) is 8.30. The SMILES string of the molecule is COCCN1CC(C(=O)Nc2cccc(-c3ccc(=O)[nH]n3)c2)CC1=O. The van der Waals surface area contributed by atoms with Crippen molar-refractivity contribution in [2.24, 2.45) is 5.92 Å². The molecule has 1 saturated heterocycles. The van der Waals surface area contributed by atoms with Crippen LogP contribution in [-0.2, 0) is 14.3 Å². The van der Waals surface area contributed by atoms with Gasteiger partial charge in [0.2, 0.25) is 11.8 Å². The molecular formula is C18H20N4O4. The molecule has 1 atom stereocenters. The highest BCUT2D eigenvalue weighted by Gasteiger charge is 2.33. The van der Waals surface area contributed by atoms with Crippen molar-refractivity contribution in [3.8, 4) is 11.3 Å². The van der Waals surface area contributed by atoms with E-state index in [1.165, 1.54) is 6.07 Å².